The van der Waals surface area contributed by atoms with Crippen molar-refractivity contribution >= 4 is 17.9 Å². The van der Waals surface area contributed by atoms with Gasteiger partial charge in [0.2, 0.25) is 6.29 Å². The Balaban J connectivity index is 1.82. The van der Waals surface area contributed by atoms with E-state index in [-0.39, 0.29) is 6.61 Å². The van der Waals surface area contributed by atoms with Crippen molar-refractivity contribution in [3.8, 4) is 11.5 Å². The van der Waals surface area contributed by atoms with Crippen molar-refractivity contribution in [1.29, 1.82) is 0 Å². The van der Waals surface area contributed by atoms with Crippen molar-refractivity contribution in [3.63, 3.8) is 0 Å². The molecule has 13 nitrogen and oxygen atoms in total. The van der Waals surface area contributed by atoms with Gasteiger partial charge in [-0.2, -0.15) is 0 Å². The van der Waals surface area contributed by atoms with Gasteiger partial charge in [-0.15, -0.1) is 0 Å². The highest BCUT2D eigenvalue weighted by Crippen LogP contribution is 2.32. The minimum Gasteiger partial charge on any atom is -0.497 e. The quantitative estimate of drug-likeness (QED) is 0.344. The average molecular weight is 529 g/mol. The first kappa shape index (κ1) is 28.6. The molecule has 0 spiro atoms. The third-order valence-corrected chi connectivity index (χ3v) is 5.66. The smallest absolute Gasteiger partial charge is 0.303 e. The Morgan fingerprint density at radius 3 is 1.92 bits per heavy atom. The summed E-state index contributed by atoms with van der Waals surface area (Å²) in [5.41, 5.74) is 0. The van der Waals surface area contributed by atoms with Gasteiger partial charge in [-0.1, -0.05) is 0 Å². The number of aliphatic hydroxyl groups excluding tert-OH is 2. The molecule has 0 aliphatic carbocycles. The van der Waals surface area contributed by atoms with Crippen molar-refractivity contribution in [2.24, 2.45) is 0 Å². The van der Waals surface area contributed by atoms with E-state index in [9.17, 15) is 24.6 Å². The molecule has 2 heterocycles. The van der Waals surface area contributed by atoms with Gasteiger partial charge in [0.25, 0.3) is 0 Å². The molecule has 1 aromatic rings. The fourth-order valence-electron chi connectivity index (χ4n) is 4.07. The molecule has 0 unspecified atom stereocenters. The van der Waals surface area contributed by atoms with E-state index < -0.39 is 73.2 Å². The van der Waals surface area contributed by atoms with Crippen LogP contribution in [-0.2, 0) is 42.8 Å². The van der Waals surface area contributed by atoms with E-state index >= 15 is 0 Å². The van der Waals surface area contributed by atoms with Gasteiger partial charge in [0.1, 0.15) is 29.8 Å². The number of methoxy groups -OCH3 is 1. The summed E-state index contributed by atoms with van der Waals surface area (Å²) in [6.07, 6.45) is -11.5. The molecule has 0 aromatic heterocycles. The summed E-state index contributed by atoms with van der Waals surface area (Å²) >= 11 is 0. The third kappa shape index (κ3) is 7.29. The van der Waals surface area contributed by atoms with E-state index in [2.05, 4.69) is 0 Å². The van der Waals surface area contributed by atoms with Crippen LogP contribution < -0.4 is 9.47 Å². The Bertz CT molecular complexity index is 935. The largest absolute Gasteiger partial charge is 0.497 e. The summed E-state index contributed by atoms with van der Waals surface area (Å²) in [7, 11) is 1.52. The minimum atomic E-state index is -1.51. The lowest BCUT2D eigenvalue weighted by Gasteiger charge is -2.46. The van der Waals surface area contributed by atoms with E-state index in [0.29, 0.717) is 11.5 Å². The summed E-state index contributed by atoms with van der Waals surface area (Å²) < 4.78 is 43.9. The lowest BCUT2D eigenvalue weighted by Crippen LogP contribution is -2.64. The standard InChI is InChI=1S/C24H32O13/c1-11-19(33-12(2)25)21(34-13(3)26)22(35-14(4)27)24(32-11)37-20-17(28)10-31-23(18(20)29)36-16-8-6-15(30-5)7-9-16/h6-9,11,17-24,28-29H,10H2,1-5H3/t11-,17-,18+,19+,20-,21+,22-,23-,24+/m0/s1. The molecule has 13 heteroatoms. The Labute approximate surface area is 213 Å². The second-order valence-corrected chi connectivity index (χ2v) is 8.59. The van der Waals surface area contributed by atoms with Gasteiger partial charge < -0.3 is 48.1 Å². The molecule has 2 fully saturated rings. The fourth-order valence-corrected chi connectivity index (χ4v) is 4.07. The topological polar surface area (TPSA) is 166 Å². The van der Waals surface area contributed by atoms with Crippen molar-refractivity contribution in [1.82, 2.24) is 0 Å². The van der Waals surface area contributed by atoms with Gasteiger partial charge in [0.05, 0.1) is 19.8 Å². The number of esters is 3. The molecule has 2 N–H and O–H groups in total. The van der Waals surface area contributed by atoms with Crippen molar-refractivity contribution in [2.75, 3.05) is 13.7 Å². The van der Waals surface area contributed by atoms with Gasteiger partial charge >= 0.3 is 17.9 Å². The van der Waals surface area contributed by atoms with Gasteiger partial charge in [-0.3, -0.25) is 14.4 Å². The van der Waals surface area contributed by atoms with Crippen LogP contribution in [0, 0.1) is 0 Å². The minimum absolute atomic E-state index is 0.257. The van der Waals surface area contributed by atoms with Gasteiger partial charge in [0, 0.05) is 20.8 Å². The molecule has 2 aliphatic heterocycles. The van der Waals surface area contributed by atoms with Crippen molar-refractivity contribution < 1.29 is 62.5 Å². The Kier molecular flexibility index (Phi) is 9.68. The lowest BCUT2D eigenvalue weighted by atomic mass is 9.98. The lowest BCUT2D eigenvalue weighted by molar-refractivity contribution is -0.341. The highest BCUT2D eigenvalue weighted by atomic mass is 16.7. The van der Waals surface area contributed by atoms with Gasteiger partial charge in [-0.25, -0.2) is 0 Å². The number of hydrogen-bond acceptors (Lipinski definition) is 13. The van der Waals surface area contributed by atoms with Crippen LogP contribution in [0.5, 0.6) is 11.5 Å². The number of carbonyl (C=O) groups excluding carboxylic acids is 3. The maximum absolute atomic E-state index is 11.9. The van der Waals surface area contributed by atoms with Crippen LogP contribution in [0.2, 0.25) is 0 Å². The van der Waals surface area contributed by atoms with Crippen LogP contribution in [0.1, 0.15) is 27.7 Å². The highest BCUT2D eigenvalue weighted by molar-refractivity contribution is 5.68. The molecule has 0 radical (unpaired) electrons. The zero-order valence-corrected chi connectivity index (χ0v) is 21.1. The second kappa shape index (κ2) is 12.5. The SMILES string of the molecule is COc1ccc(O[C@@H]2OC[C@H](O)[C@H](O[C@H]3O[C@@H](C)[C@@H](OC(C)=O)[C@@H](OC(C)=O)[C@@H]3OC(C)=O)[C@H]2O)cc1. The monoisotopic (exact) mass is 528 g/mol. The summed E-state index contributed by atoms with van der Waals surface area (Å²) in [6.45, 7) is 4.71. The summed E-state index contributed by atoms with van der Waals surface area (Å²) in [4.78, 5) is 35.4. The van der Waals surface area contributed by atoms with Crippen LogP contribution in [0.3, 0.4) is 0 Å². The molecular weight excluding hydrogens is 496 g/mol. The Hall–Kier alpha value is -2.97. The van der Waals surface area contributed by atoms with Crippen LogP contribution >= 0.6 is 0 Å². The molecule has 37 heavy (non-hydrogen) atoms. The summed E-state index contributed by atoms with van der Waals surface area (Å²) in [6, 6.07) is 6.53. The first-order valence-electron chi connectivity index (χ1n) is 11.6. The number of rotatable bonds is 8. The molecule has 9 atom stereocenters. The van der Waals surface area contributed by atoms with Crippen LogP contribution in [-0.4, -0.2) is 97.1 Å². The van der Waals surface area contributed by atoms with E-state index in [0.717, 1.165) is 13.8 Å². The molecule has 2 saturated heterocycles. The first-order chi connectivity index (χ1) is 17.5. The molecular formula is C24H32O13. The third-order valence-electron chi connectivity index (χ3n) is 5.66. The summed E-state index contributed by atoms with van der Waals surface area (Å²) in [5, 5.41) is 21.5. The summed E-state index contributed by atoms with van der Waals surface area (Å²) in [5.74, 6) is -1.20. The second-order valence-electron chi connectivity index (χ2n) is 8.59. The van der Waals surface area contributed by atoms with E-state index in [4.69, 9.17) is 37.9 Å². The maximum Gasteiger partial charge on any atom is 0.303 e. The van der Waals surface area contributed by atoms with Crippen LogP contribution in [0.4, 0.5) is 0 Å². The average Bonchev–Trinajstić information content (AvgIpc) is 2.82. The zero-order chi connectivity index (χ0) is 27.3. The fraction of sp³-hybridized carbons (Fsp3) is 0.625. The van der Waals surface area contributed by atoms with E-state index in [1.54, 1.807) is 24.3 Å². The normalized spacial score (nSPS) is 33.6. The predicted octanol–water partition coefficient (Wildman–Crippen LogP) is 0.0772. The van der Waals surface area contributed by atoms with Crippen molar-refractivity contribution in [3.05, 3.63) is 24.3 Å². The number of hydrogen-bond donors (Lipinski definition) is 2. The first-order valence-corrected chi connectivity index (χ1v) is 11.6. The van der Waals surface area contributed by atoms with Crippen LogP contribution in [0.25, 0.3) is 0 Å². The number of aliphatic hydroxyl groups is 2. The maximum atomic E-state index is 11.9. The molecule has 1 aromatic carbocycles. The predicted molar refractivity (Wildman–Crippen MR) is 121 cm³/mol. The number of carbonyl (C=O) groups is 3. The van der Waals surface area contributed by atoms with E-state index in [1.807, 2.05) is 0 Å². The Morgan fingerprint density at radius 1 is 0.811 bits per heavy atom. The molecule has 206 valence electrons. The van der Waals surface area contributed by atoms with Crippen LogP contribution in [0.15, 0.2) is 24.3 Å². The number of ether oxygens (including phenoxy) is 8. The molecule has 2 aliphatic rings. The molecule has 0 amide bonds. The van der Waals surface area contributed by atoms with E-state index in [1.165, 1.54) is 21.0 Å². The highest BCUT2D eigenvalue weighted by Gasteiger charge is 2.53. The van der Waals surface area contributed by atoms with Crippen molar-refractivity contribution in [2.45, 2.75) is 83.0 Å². The van der Waals surface area contributed by atoms with Gasteiger partial charge in [0.15, 0.2) is 24.6 Å². The molecule has 0 bridgehead atoms. The zero-order valence-electron chi connectivity index (χ0n) is 21.1. The molecule has 0 saturated carbocycles. The molecule has 3 rings (SSSR count). The Morgan fingerprint density at radius 2 is 1.35 bits per heavy atom. The number of benzene rings is 1. The van der Waals surface area contributed by atoms with Gasteiger partial charge in [-0.05, 0) is 31.2 Å².